The summed E-state index contributed by atoms with van der Waals surface area (Å²) in [6, 6.07) is 10.6. The summed E-state index contributed by atoms with van der Waals surface area (Å²) in [6.45, 7) is 2.72. The van der Waals surface area contributed by atoms with E-state index in [2.05, 4.69) is 9.71 Å². The molecule has 0 atom stereocenters. The SMILES string of the molecule is Cc1ccc(S(=O)(=O)Nc2c(F)cccc2C2=NCCO2)cc1. The fraction of sp³-hybridized carbons (Fsp3) is 0.188. The predicted octanol–water partition coefficient (Wildman–Crippen LogP) is 2.71. The van der Waals surface area contributed by atoms with Gasteiger partial charge in [0, 0.05) is 0 Å². The minimum absolute atomic E-state index is 0.0617. The van der Waals surface area contributed by atoms with Gasteiger partial charge in [-0.1, -0.05) is 23.8 Å². The van der Waals surface area contributed by atoms with Gasteiger partial charge >= 0.3 is 0 Å². The van der Waals surface area contributed by atoms with Crippen LogP contribution < -0.4 is 4.72 Å². The van der Waals surface area contributed by atoms with E-state index in [1.807, 2.05) is 6.92 Å². The van der Waals surface area contributed by atoms with Gasteiger partial charge in [0.05, 0.1) is 22.7 Å². The van der Waals surface area contributed by atoms with E-state index in [0.717, 1.165) is 5.56 Å². The molecular formula is C16H15FN2O3S. The van der Waals surface area contributed by atoms with Crippen LogP contribution in [0.15, 0.2) is 52.4 Å². The van der Waals surface area contributed by atoms with E-state index in [0.29, 0.717) is 13.2 Å². The number of para-hydroxylation sites is 1. The van der Waals surface area contributed by atoms with Gasteiger partial charge in [-0.3, -0.25) is 4.72 Å². The van der Waals surface area contributed by atoms with E-state index < -0.39 is 15.8 Å². The minimum Gasteiger partial charge on any atom is -0.475 e. The molecule has 0 spiro atoms. The van der Waals surface area contributed by atoms with Gasteiger partial charge in [0.15, 0.2) is 0 Å². The second kappa shape index (κ2) is 6.00. The van der Waals surface area contributed by atoms with Crippen molar-refractivity contribution in [2.75, 3.05) is 17.9 Å². The largest absolute Gasteiger partial charge is 0.475 e. The number of benzene rings is 2. The Balaban J connectivity index is 2.01. The van der Waals surface area contributed by atoms with E-state index in [9.17, 15) is 12.8 Å². The van der Waals surface area contributed by atoms with Gasteiger partial charge in [-0.15, -0.1) is 0 Å². The molecule has 1 heterocycles. The number of sulfonamides is 1. The Labute approximate surface area is 133 Å². The maximum absolute atomic E-state index is 14.2. The summed E-state index contributed by atoms with van der Waals surface area (Å²) in [4.78, 5) is 4.18. The van der Waals surface area contributed by atoms with Gasteiger partial charge in [-0.05, 0) is 31.2 Å². The third kappa shape index (κ3) is 3.19. The molecule has 23 heavy (non-hydrogen) atoms. The Morgan fingerprint density at radius 3 is 2.57 bits per heavy atom. The molecule has 0 saturated heterocycles. The van der Waals surface area contributed by atoms with Crippen LogP contribution in [-0.2, 0) is 14.8 Å². The number of rotatable bonds is 4. The number of ether oxygens (including phenoxy) is 1. The van der Waals surface area contributed by atoms with Crippen molar-refractivity contribution in [2.24, 2.45) is 4.99 Å². The van der Waals surface area contributed by atoms with Crippen LogP contribution >= 0.6 is 0 Å². The summed E-state index contributed by atoms with van der Waals surface area (Å²) in [5.41, 5.74) is 1.07. The maximum atomic E-state index is 14.2. The van der Waals surface area contributed by atoms with Crippen molar-refractivity contribution in [3.63, 3.8) is 0 Å². The molecule has 2 aromatic carbocycles. The van der Waals surface area contributed by atoms with Crippen LogP contribution in [0.2, 0.25) is 0 Å². The highest BCUT2D eigenvalue weighted by Crippen LogP contribution is 2.25. The number of anilines is 1. The number of nitrogens with one attached hydrogen (secondary N) is 1. The first-order chi connectivity index (χ1) is 11.0. The van der Waals surface area contributed by atoms with Crippen molar-refractivity contribution in [1.82, 2.24) is 0 Å². The number of aryl methyl sites for hydroxylation is 1. The lowest BCUT2D eigenvalue weighted by molar-refractivity contribution is 0.348. The number of halogens is 1. The monoisotopic (exact) mass is 334 g/mol. The molecule has 0 unspecified atom stereocenters. The third-order valence-electron chi connectivity index (χ3n) is 3.40. The first kappa shape index (κ1) is 15.5. The van der Waals surface area contributed by atoms with Crippen molar-refractivity contribution < 1.29 is 17.5 Å². The first-order valence-electron chi connectivity index (χ1n) is 7.03. The standard InChI is InChI=1S/C16H15FN2O3S/c1-11-5-7-12(8-6-11)23(20,21)19-15-13(3-2-4-14(15)17)16-18-9-10-22-16/h2-8,19H,9-10H2,1H3. The molecule has 0 amide bonds. The molecule has 2 aromatic rings. The Kier molecular flexibility index (Phi) is 4.04. The molecule has 0 fully saturated rings. The number of nitrogens with zero attached hydrogens (tertiary/aromatic N) is 1. The van der Waals surface area contributed by atoms with Gasteiger partial charge in [-0.25, -0.2) is 17.8 Å². The molecule has 1 aliphatic heterocycles. The summed E-state index contributed by atoms with van der Waals surface area (Å²) in [7, 11) is -3.91. The van der Waals surface area contributed by atoms with E-state index in [1.165, 1.54) is 24.3 Å². The highest BCUT2D eigenvalue weighted by atomic mass is 32.2. The fourth-order valence-corrected chi connectivity index (χ4v) is 3.30. The summed E-state index contributed by atoms with van der Waals surface area (Å²) < 4.78 is 46.7. The molecule has 5 nitrogen and oxygen atoms in total. The number of hydrogen-bond donors (Lipinski definition) is 1. The Morgan fingerprint density at radius 1 is 1.17 bits per heavy atom. The number of aliphatic imine (C=N–C) groups is 1. The van der Waals surface area contributed by atoms with E-state index in [4.69, 9.17) is 4.74 Å². The topological polar surface area (TPSA) is 67.8 Å². The zero-order valence-electron chi connectivity index (χ0n) is 12.4. The van der Waals surface area contributed by atoms with Crippen LogP contribution in [-0.4, -0.2) is 27.5 Å². The van der Waals surface area contributed by atoms with Gasteiger partial charge in [0.2, 0.25) is 5.90 Å². The Bertz CT molecular complexity index is 861. The fourth-order valence-electron chi connectivity index (χ4n) is 2.21. The molecule has 0 saturated carbocycles. The van der Waals surface area contributed by atoms with Crippen LogP contribution in [0, 0.1) is 12.7 Å². The Morgan fingerprint density at radius 2 is 1.91 bits per heavy atom. The molecule has 1 aliphatic rings. The maximum Gasteiger partial charge on any atom is 0.262 e. The highest BCUT2D eigenvalue weighted by Gasteiger charge is 2.22. The van der Waals surface area contributed by atoms with E-state index >= 15 is 0 Å². The normalized spacial score (nSPS) is 14.3. The second-order valence-electron chi connectivity index (χ2n) is 5.12. The zero-order chi connectivity index (χ0) is 16.4. The smallest absolute Gasteiger partial charge is 0.262 e. The molecule has 7 heteroatoms. The Hall–Kier alpha value is -2.41. The molecule has 0 bridgehead atoms. The van der Waals surface area contributed by atoms with E-state index in [1.54, 1.807) is 18.2 Å². The summed E-state index contributed by atoms with van der Waals surface area (Å²) in [5.74, 6) is -0.442. The lowest BCUT2D eigenvalue weighted by atomic mass is 10.2. The van der Waals surface area contributed by atoms with Crippen LogP contribution in [0.4, 0.5) is 10.1 Å². The molecular weight excluding hydrogens is 319 g/mol. The van der Waals surface area contributed by atoms with Gasteiger partial charge < -0.3 is 4.74 Å². The second-order valence-corrected chi connectivity index (χ2v) is 6.80. The average Bonchev–Trinajstić information content (AvgIpc) is 3.04. The molecule has 3 rings (SSSR count). The van der Waals surface area contributed by atoms with Crippen LogP contribution in [0.3, 0.4) is 0 Å². The molecule has 0 radical (unpaired) electrons. The lowest BCUT2D eigenvalue weighted by Gasteiger charge is -2.13. The molecule has 120 valence electrons. The van der Waals surface area contributed by atoms with Crippen molar-refractivity contribution in [3.8, 4) is 0 Å². The van der Waals surface area contributed by atoms with Gasteiger partial charge in [0.1, 0.15) is 12.4 Å². The summed E-state index contributed by atoms with van der Waals surface area (Å²) in [5, 5.41) is 0. The highest BCUT2D eigenvalue weighted by molar-refractivity contribution is 7.92. The quantitative estimate of drug-likeness (QED) is 0.935. The van der Waals surface area contributed by atoms with Crippen molar-refractivity contribution in [2.45, 2.75) is 11.8 Å². The molecule has 1 N–H and O–H groups in total. The molecule has 0 aromatic heterocycles. The first-order valence-corrected chi connectivity index (χ1v) is 8.51. The van der Waals surface area contributed by atoms with Gasteiger partial charge in [0.25, 0.3) is 10.0 Å². The van der Waals surface area contributed by atoms with Crippen LogP contribution in [0.1, 0.15) is 11.1 Å². The van der Waals surface area contributed by atoms with Gasteiger partial charge in [-0.2, -0.15) is 0 Å². The summed E-state index contributed by atoms with van der Waals surface area (Å²) in [6.07, 6.45) is 0. The van der Waals surface area contributed by atoms with Crippen molar-refractivity contribution >= 4 is 21.6 Å². The minimum atomic E-state index is -3.91. The van der Waals surface area contributed by atoms with Crippen molar-refractivity contribution in [3.05, 3.63) is 59.4 Å². The number of hydrogen-bond acceptors (Lipinski definition) is 4. The predicted molar refractivity (Wildman–Crippen MR) is 85.7 cm³/mol. The third-order valence-corrected chi connectivity index (χ3v) is 4.76. The summed E-state index contributed by atoms with van der Waals surface area (Å²) >= 11 is 0. The van der Waals surface area contributed by atoms with Crippen LogP contribution in [0.5, 0.6) is 0 Å². The lowest BCUT2D eigenvalue weighted by Crippen LogP contribution is -2.17. The molecule has 0 aliphatic carbocycles. The van der Waals surface area contributed by atoms with Crippen LogP contribution in [0.25, 0.3) is 0 Å². The zero-order valence-corrected chi connectivity index (χ0v) is 13.2. The average molecular weight is 334 g/mol. The van der Waals surface area contributed by atoms with E-state index in [-0.39, 0.29) is 22.0 Å². The van der Waals surface area contributed by atoms with Crippen molar-refractivity contribution in [1.29, 1.82) is 0 Å².